The molecule has 7 rings (SSSR count). The molecule has 184 valence electrons. The molecule has 1 spiro atoms. The first-order valence-electron chi connectivity index (χ1n) is 13.1. The lowest BCUT2D eigenvalue weighted by molar-refractivity contribution is 0.178. The molecule has 0 bridgehead atoms. The van der Waals surface area contributed by atoms with Gasteiger partial charge in [0, 0.05) is 11.3 Å². The Morgan fingerprint density at radius 2 is 1.57 bits per heavy atom. The van der Waals surface area contributed by atoms with E-state index in [0.29, 0.717) is 0 Å². The van der Waals surface area contributed by atoms with E-state index in [0.717, 1.165) is 12.2 Å². The first kappa shape index (κ1) is 22.8. The normalized spacial score (nSPS) is 25.0. The van der Waals surface area contributed by atoms with Crippen LogP contribution in [0, 0.1) is 0 Å². The Balaban J connectivity index is 1.48. The lowest BCUT2D eigenvalue weighted by atomic mass is 9.70. The SMILES string of the molecule is C[C@@H](c1ccccc1)N(C1=Cc2cccc3c2[C@]12C=CC1=C2C(CC=C1)OPO3)[C@@H](C)c1ccccc1. The third-order valence-corrected chi connectivity index (χ3v) is 9.07. The Kier molecular flexibility index (Phi) is 5.46. The fourth-order valence-corrected chi connectivity index (χ4v) is 7.34. The maximum absolute atomic E-state index is 6.40. The number of benzene rings is 3. The first-order valence-corrected chi connectivity index (χ1v) is 13.9. The number of allylic oxidation sites excluding steroid dienone is 4. The van der Waals surface area contributed by atoms with Crippen molar-refractivity contribution < 1.29 is 9.05 Å². The van der Waals surface area contributed by atoms with Crippen LogP contribution in [-0.2, 0) is 9.94 Å². The summed E-state index contributed by atoms with van der Waals surface area (Å²) in [5.41, 5.74) is 8.59. The van der Waals surface area contributed by atoms with E-state index in [-0.39, 0.29) is 27.2 Å². The van der Waals surface area contributed by atoms with E-state index in [1.807, 2.05) is 0 Å². The molecule has 3 nitrogen and oxygen atoms in total. The van der Waals surface area contributed by atoms with E-state index in [1.54, 1.807) is 0 Å². The van der Waals surface area contributed by atoms with Crippen molar-refractivity contribution in [1.82, 2.24) is 4.90 Å². The predicted octanol–water partition coefficient (Wildman–Crippen LogP) is 8.22. The molecule has 0 saturated carbocycles. The van der Waals surface area contributed by atoms with Crippen LogP contribution in [0.25, 0.3) is 6.08 Å². The molecule has 0 N–H and O–H groups in total. The van der Waals surface area contributed by atoms with Crippen LogP contribution in [0.3, 0.4) is 0 Å². The van der Waals surface area contributed by atoms with Crippen LogP contribution in [0.15, 0.2) is 120 Å². The number of nitrogens with zero attached hydrogens (tertiary/aromatic N) is 1. The minimum absolute atomic E-state index is 0.00282. The fourth-order valence-electron chi connectivity index (χ4n) is 6.70. The summed E-state index contributed by atoms with van der Waals surface area (Å²) in [5, 5.41) is 0. The van der Waals surface area contributed by atoms with Gasteiger partial charge in [-0.2, -0.15) is 0 Å². The molecule has 1 heterocycles. The third kappa shape index (κ3) is 3.41. The number of hydrogen-bond acceptors (Lipinski definition) is 3. The van der Waals surface area contributed by atoms with E-state index in [2.05, 4.69) is 128 Å². The Labute approximate surface area is 220 Å². The van der Waals surface area contributed by atoms with Gasteiger partial charge in [-0.25, -0.2) is 0 Å². The van der Waals surface area contributed by atoms with Gasteiger partial charge in [0.2, 0.25) is 9.03 Å². The summed E-state index contributed by atoms with van der Waals surface area (Å²) in [4.78, 5) is 2.63. The van der Waals surface area contributed by atoms with Crippen LogP contribution < -0.4 is 4.52 Å². The van der Waals surface area contributed by atoms with Gasteiger partial charge in [0.1, 0.15) is 5.75 Å². The molecule has 3 aliphatic carbocycles. The third-order valence-electron chi connectivity index (χ3n) is 8.39. The second kappa shape index (κ2) is 8.87. The molecule has 4 heteroatoms. The van der Waals surface area contributed by atoms with Crippen molar-refractivity contribution in [3.63, 3.8) is 0 Å². The molecule has 0 radical (unpaired) electrons. The van der Waals surface area contributed by atoms with Crippen molar-refractivity contribution in [2.45, 2.75) is 43.9 Å². The van der Waals surface area contributed by atoms with Gasteiger partial charge in [-0.15, -0.1) is 0 Å². The second-order valence-electron chi connectivity index (χ2n) is 10.3. The highest BCUT2D eigenvalue weighted by atomic mass is 31.1. The molecule has 4 aliphatic rings. The van der Waals surface area contributed by atoms with Gasteiger partial charge >= 0.3 is 0 Å². The van der Waals surface area contributed by atoms with E-state index in [4.69, 9.17) is 9.05 Å². The van der Waals surface area contributed by atoms with Crippen molar-refractivity contribution in [1.29, 1.82) is 0 Å². The van der Waals surface area contributed by atoms with Crippen molar-refractivity contribution in [2.24, 2.45) is 0 Å². The molecule has 1 aliphatic heterocycles. The Morgan fingerprint density at radius 3 is 2.27 bits per heavy atom. The Hall–Kier alpha value is -3.39. The van der Waals surface area contributed by atoms with Gasteiger partial charge < -0.3 is 13.9 Å². The summed E-state index contributed by atoms with van der Waals surface area (Å²) < 4.78 is 12.7. The molecule has 5 atom stereocenters. The number of hydrogen-bond donors (Lipinski definition) is 0. The topological polar surface area (TPSA) is 21.7 Å². The van der Waals surface area contributed by atoms with Gasteiger partial charge in [-0.3, -0.25) is 0 Å². The molecule has 0 amide bonds. The largest absolute Gasteiger partial charge is 0.449 e. The minimum Gasteiger partial charge on any atom is -0.449 e. The number of rotatable bonds is 5. The summed E-state index contributed by atoms with van der Waals surface area (Å²) >= 11 is 0. The minimum atomic E-state index is -0.423. The molecule has 2 unspecified atom stereocenters. The van der Waals surface area contributed by atoms with Gasteiger partial charge in [0.25, 0.3) is 0 Å². The van der Waals surface area contributed by atoms with Gasteiger partial charge in [0.15, 0.2) is 0 Å². The summed E-state index contributed by atoms with van der Waals surface area (Å²) in [7, 11) is -0.0152. The molecule has 0 saturated heterocycles. The zero-order valence-corrected chi connectivity index (χ0v) is 22.1. The van der Waals surface area contributed by atoms with E-state index in [9.17, 15) is 0 Å². The smallest absolute Gasteiger partial charge is 0.215 e. The zero-order chi connectivity index (χ0) is 25.0. The zero-order valence-electron chi connectivity index (χ0n) is 21.1. The average Bonchev–Trinajstić information content (AvgIpc) is 3.48. The Morgan fingerprint density at radius 1 is 0.865 bits per heavy atom. The summed E-state index contributed by atoms with van der Waals surface area (Å²) in [5.74, 6) is 0.924. The Bertz CT molecular complexity index is 1430. The molecule has 0 fully saturated rings. The molecule has 0 aromatic heterocycles. The maximum atomic E-state index is 6.40. The summed E-state index contributed by atoms with van der Waals surface area (Å²) in [6.07, 6.45) is 12.5. The van der Waals surface area contributed by atoms with Crippen molar-refractivity contribution in [2.75, 3.05) is 0 Å². The molecule has 3 aromatic rings. The molecular formula is C33H30NO2P. The van der Waals surface area contributed by atoms with E-state index >= 15 is 0 Å². The van der Waals surface area contributed by atoms with Crippen LogP contribution in [0.4, 0.5) is 0 Å². The first-order chi connectivity index (χ1) is 18.2. The van der Waals surface area contributed by atoms with E-state index in [1.165, 1.54) is 39.1 Å². The highest BCUT2D eigenvalue weighted by molar-refractivity contribution is 7.26. The predicted molar refractivity (Wildman–Crippen MR) is 151 cm³/mol. The molecule has 37 heavy (non-hydrogen) atoms. The lowest BCUT2D eigenvalue weighted by Gasteiger charge is -2.47. The van der Waals surface area contributed by atoms with Crippen molar-refractivity contribution >= 4 is 15.1 Å². The quantitative estimate of drug-likeness (QED) is 0.328. The van der Waals surface area contributed by atoms with Crippen LogP contribution in [-0.4, -0.2) is 11.0 Å². The van der Waals surface area contributed by atoms with Crippen molar-refractivity contribution in [3.8, 4) is 5.75 Å². The summed E-state index contributed by atoms with van der Waals surface area (Å²) in [6, 6.07) is 28.5. The van der Waals surface area contributed by atoms with Gasteiger partial charge in [-0.1, -0.05) is 97.1 Å². The van der Waals surface area contributed by atoms with Gasteiger partial charge in [0.05, 0.1) is 23.6 Å². The highest BCUT2D eigenvalue weighted by Crippen LogP contribution is 2.61. The standard InChI is InChI=1S/C33H30NO2P/c1-22(24-11-5-3-6-12-24)34(23(2)25-13-7-4-8-14-25)30-21-27-16-10-18-29-32(27)33(30)20-19-26-15-9-17-28(31(26)33)35-37-36-29/h3-16,18-23,28,37H,17H2,1-2H3/t22-,23-,28?,33+/m0/s1. The van der Waals surface area contributed by atoms with Crippen molar-refractivity contribution in [3.05, 3.63) is 142 Å². The average molecular weight is 504 g/mol. The lowest BCUT2D eigenvalue weighted by Crippen LogP contribution is -2.42. The fraction of sp³-hybridized carbons (Fsp3) is 0.212. The monoisotopic (exact) mass is 503 g/mol. The molecule has 3 aromatic carbocycles. The second-order valence-corrected chi connectivity index (χ2v) is 10.9. The van der Waals surface area contributed by atoms with Gasteiger partial charge in [-0.05, 0) is 60.2 Å². The summed E-state index contributed by atoms with van der Waals surface area (Å²) in [6.45, 7) is 4.67. The van der Waals surface area contributed by atoms with Crippen LogP contribution in [0.5, 0.6) is 5.75 Å². The van der Waals surface area contributed by atoms with Crippen LogP contribution in [0.2, 0.25) is 0 Å². The molecular weight excluding hydrogens is 473 g/mol. The van der Waals surface area contributed by atoms with Crippen LogP contribution in [0.1, 0.15) is 54.6 Å². The highest BCUT2D eigenvalue weighted by Gasteiger charge is 2.54. The van der Waals surface area contributed by atoms with E-state index < -0.39 is 5.41 Å². The maximum Gasteiger partial charge on any atom is 0.215 e. The van der Waals surface area contributed by atoms with Crippen LogP contribution >= 0.6 is 9.03 Å².